The van der Waals surface area contributed by atoms with Crippen molar-refractivity contribution < 1.29 is 23.1 Å². The number of rotatable bonds is 5. The van der Waals surface area contributed by atoms with Crippen molar-refractivity contribution in [2.75, 3.05) is 11.9 Å². The van der Waals surface area contributed by atoms with Gasteiger partial charge in [-0.15, -0.1) is 0 Å². The van der Waals surface area contributed by atoms with Crippen molar-refractivity contribution in [3.63, 3.8) is 0 Å². The second-order valence-electron chi connectivity index (χ2n) is 4.01. The largest absolute Gasteiger partial charge is 0.465 e. The maximum absolute atomic E-state index is 12.7. The number of carbonyl (C=O) groups excluding carboxylic acids is 2. The number of hydrogen-bond acceptors (Lipinski definition) is 4. The first kappa shape index (κ1) is 14.5. The summed E-state index contributed by atoms with van der Waals surface area (Å²) >= 11 is 0. The van der Waals surface area contributed by atoms with Crippen LogP contribution in [-0.4, -0.2) is 18.5 Å². The number of carbonyl (C=O) groups is 2. The number of esters is 1. The molecule has 1 heterocycles. The molecule has 0 unspecified atom stereocenters. The summed E-state index contributed by atoms with van der Waals surface area (Å²) in [5.41, 5.74) is 0.420. The van der Waals surface area contributed by atoms with Crippen LogP contribution in [0, 0.1) is 5.82 Å². The zero-order valence-electron chi connectivity index (χ0n) is 10.9. The van der Waals surface area contributed by atoms with E-state index in [0.717, 1.165) is 6.08 Å². The Hall–Kier alpha value is -2.89. The summed E-state index contributed by atoms with van der Waals surface area (Å²) in [5.74, 6) is -1.08. The minimum atomic E-state index is -0.666. The molecule has 5 nitrogen and oxygen atoms in total. The minimum Gasteiger partial charge on any atom is -0.465 e. The monoisotopic (exact) mass is 289 g/mol. The highest BCUT2D eigenvalue weighted by Crippen LogP contribution is 2.08. The number of benzene rings is 1. The summed E-state index contributed by atoms with van der Waals surface area (Å²) in [7, 11) is 0. The summed E-state index contributed by atoms with van der Waals surface area (Å²) in [4.78, 5) is 22.9. The summed E-state index contributed by atoms with van der Waals surface area (Å²) in [5, 5.41) is 2.47. The Kier molecular flexibility index (Phi) is 4.87. The van der Waals surface area contributed by atoms with Gasteiger partial charge in [0.25, 0.3) is 5.91 Å². The Bertz CT molecular complexity index is 632. The van der Waals surface area contributed by atoms with Gasteiger partial charge in [0.15, 0.2) is 6.61 Å². The molecule has 6 heteroatoms. The van der Waals surface area contributed by atoms with Gasteiger partial charge in [-0.05, 0) is 42.5 Å². The molecular weight excluding hydrogens is 277 g/mol. The lowest BCUT2D eigenvalue weighted by Crippen LogP contribution is -2.20. The molecule has 0 aliphatic carbocycles. The third-order valence-corrected chi connectivity index (χ3v) is 2.40. The van der Waals surface area contributed by atoms with Crippen molar-refractivity contribution in [3.05, 3.63) is 60.3 Å². The summed E-state index contributed by atoms with van der Waals surface area (Å²) < 4.78 is 22.4. The Morgan fingerprint density at radius 1 is 1.24 bits per heavy atom. The lowest BCUT2D eigenvalue weighted by Gasteiger charge is -2.05. The molecule has 0 bridgehead atoms. The number of halogens is 1. The van der Waals surface area contributed by atoms with E-state index in [2.05, 4.69) is 5.32 Å². The van der Waals surface area contributed by atoms with Crippen LogP contribution in [-0.2, 0) is 14.3 Å². The Labute approximate surface area is 120 Å². The molecule has 2 aromatic rings. The van der Waals surface area contributed by atoms with Gasteiger partial charge in [0.2, 0.25) is 0 Å². The molecule has 1 N–H and O–H groups in total. The molecule has 1 aromatic heterocycles. The average molecular weight is 289 g/mol. The van der Waals surface area contributed by atoms with E-state index < -0.39 is 24.3 Å². The van der Waals surface area contributed by atoms with Crippen molar-refractivity contribution in [3.8, 4) is 0 Å². The van der Waals surface area contributed by atoms with Gasteiger partial charge in [0.1, 0.15) is 11.6 Å². The smallest absolute Gasteiger partial charge is 0.331 e. The van der Waals surface area contributed by atoms with Crippen molar-refractivity contribution in [1.82, 2.24) is 0 Å². The molecule has 1 aromatic carbocycles. The van der Waals surface area contributed by atoms with Crippen LogP contribution in [0.15, 0.2) is 53.2 Å². The SMILES string of the molecule is O=C(COC(=O)/C=C/c1ccco1)Nc1ccc(F)cc1. The Balaban J connectivity index is 1.75. The number of furan rings is 1. The lowest BCUT2D eigenvalue weighted by molar-refractivity contribution is -0.142. The fraction of sp³-hybridized carbons (Fsp3) is 0.0667. The first-order valence-corrected chi connectivity index (χ1v) is 6.07. The molecule has 0 spiro atoms. The van der Waals surface area contributed by atoms with Crippen LogP contribution in [0.5, 0.6) is 0 Å². The summed E-state index contributed by atoms with van der Waals surface area (Å²) in [6.07, 6.45) is 4.06. The zero-order valence-corrected chi connectivity index (χ0v) is 10.9. The van der Waals surface area contributed by atoms with E-state index in [-0.39, 0.29) is 0 Å². The van der Waals surface area contributed by atoms with Crippen LogP contribution in [0.1, 0.15) is 5.76 Å². The quantitative estimate of drug-likeness (QED) is 0.678. The molecular formula is C15H12FNO4. The maximum Gasteiger partial charge on any atom is 0.331 e. The molecule has 0 atom stereocenters. The van der Waals surface area contributed by atoms with Crippen molar-refractivity contribution >= 4 is 23.6 Å². The van der Waals surface area contributed by atoms with Crippen molar-refractivity contribution in [2.24, 2.45) is 0 Å². The average Bonchev–Trinajstić information content (AvgIpc) is 2.99. The molecule has 0 saturated carbocycles. The second kappa shape index (κ2) is 7.04. The lowest BCUT2D eigenvalue weighted by atomic mass is 10.3. The zero-order chi connectivity index (χ0) is 15.1. The Morgan fingerprint density at radius 3 is 2.67 bits per heavy atom. The van der Waals surface area contributed by atoms with E-state index in [4.69, 9.17) is 9.15 Å². The molecule has 108 valence electrons. The normalized spacial score (nSPS) is 10.5. The Morgan fingerprint density at radius 2 is 2.00 bits per heavy atom. The van der Waals surface area contributed by atoms with Gasteiger partial charge in [0, 0.05) is 11.8 Å². The van der Waals surface area contributed by atoms with Gasteiger partial charge < -0.3 is 14.5 Å². The van der Waals surface area contributed by atoms with E-state index in [9.17, 15) is 14.0 Å². The number of anilines is 1. The molecule has 0 aliphatic rings. The summed E-state index contributed by atoms with van der Waals surface area (Å²) in [6, 6.07) is 8.60. The molecule has 0 saturated heterocycles. The van der Waals surface area contributed by atoms with Crippen molar-refractivity contribution in [2.45, 2.75) is 0 Å². The molecule has 1 amide bonds. The molecule has 2 rings (SSSR count). The highest BCUT2D eigenvalue weighted by Gasteiger charge is 2.05. The topological polar surface area (TPSA) is 68.5 Å². The van der Waals surface area contributed by atoms with Crippen LogP contribution in [0.25, 0.3) is 6.08 Å². The molecule has 0 aliphatic heterocycles. The third kappa shape index (κ3) is 4.94. The van der Waals surface area contributed by atoms with Crippen LogP contribution in [0.4, 0.5) is 10.1 Å². The number of amides is 1. The molecule has 0 radical (unpaired) electrons. The van der Waals surface area contributed by atoms with Crippen LogP contribution in [0.3, 0.4) is 0 Å². The third-order valence-electron chi connectivity index (χ3n) is 2.40. The molecule has 0 fully saturated rings. The standard InChI is InChI=1S/C15H12FNO4/c16-11-3-5-12(6-4-11)17-14(18)10-21-15(19)8-7-13-2-1-9-20-13/h1-9H,10H2,(H,17,18)/b8-7+. The van der Waals surface area contributed by atoms with Gasteiger partial charge >= 0.3 is 5.97 Å². The van der Waals surface area contributed by atoms with Crippen LogP contribution < -0.4 is 5.32 Å². The highest BCUT2D eigenvalue weighted by molar-refractivity contribution is 5.94. The first-order chi connectivity index (χ1) is 10.1. The van der Waals surface area contributed by atoms with E-state index in [1.54, 1.807) is 12.1 Å². The van der Waals surface area contributed by atoms with Crippen LogP contribution in [0.2, 0.25) is 0 Å². The van der Waals surface area contributed by atoms with E-state index >= 15 is 0 Å². The van der Waals surface area contributed by atoms with E-state index in [0.29, 0.717) is 11.4 Å². The van der Waals surface area contributed by atoms with Gasteiger partial charge in [-0.1, -0.05) is 0 Å². The number of nitrogens with one attached hydrogen (secondary N) is 1. The fourth-order valence-electron chi connectivity index (χ4n) is 1.45. The van der Waals surface area contributed by atoms with Crippen molar-refractivity contribution in [1.29, 1.82) is 0 Å². The highest BCUT2D eigenvalue weighted by atomic mass is 19.1. The first-order valence-electron chi connectivity index (χ1n) is 6.07. The summed E-state index contributed by atoms with van der Waals surface area (Å²) in [6.45, 7) is -0.432. The number of ether oxygens (including phenoxy) is 1. The van der Waals surface area contributed by atoms with Gasteiger partial charge in [-0.3, -0.25) is 4.79 Å². The number of hydrogen-bond donors (Lipinski definition) is 1. The van der Waals surface area contributed by atoms with Gasteiger partial charge in [-0.2, -0.15) is 0 Å². The second-order valence-corrected chi connectivity index (χ2v) is 4.01. The van der Waals surface area contributed by atoms with Crippen LogP contribution >= 0.6 is 0 Å². The van der Waals surface area contributed by atoms with Gasteiger partial charge in [0.05, 0.1) is 6.26 Å². The minimum absolute atomic E-state index is 0.400. The molecule has 21 heavy (non-hydrogen) atoms. The predicted octanol–water partition coefficient (Wildman–Crippen LogP) is 2.61. The predicted molar refractivity (Wildman–Crippen MR) is 73.7 cm³/mol. The van der Waals surface area contributed by atoms with E-state index in [1.165, 1.54) is 36.6 Å². The maximum atomic E-state index is 12.7. The van der Waals surface area contributed by atoms with E-state index in [1.807, 2.05) is 0 Å². The van der Waals surface area contributed by atoms with Gasteiger partial charge in [-0.25, -0.2) is 9.18 Å². The fourth-order valence-corrected chi connectivity index (χ4v) is 1.45.